The third-order valence-corrected chi connectivity index (χ3v) is 1.62. The van der Waals surface area contributed by atoms with Crippen molar-refractivity contribution in [2.45, 2.75) is 0 Å². The molecule has 1 heterocycles. The molecule has 0 spiro atoms. The van der Waals surface area contributed by atoms with Crippen molar-refractivity contribution in [3.63, 3.8) is 0 Å². The van der Waals surface area contributed by atoms with Crippen LogP contribution < -0.4 is 4.74 Å². The second kappa shape index (κ2) is 3.87. The summed E-state index contributed by atoms with van der Waals surface area (Å²) >= 11 is 5.23. The van der Waals surface area contributed by atoms with Crippen LogP contribution in [0.3, 0.4) is 0 Å². The summed E-state index contributed by atoms with van der Waals surface area (Å²) in [5.74, 6) is 0.392. The largest absolute Gasteiger partial charge is 0.495 e. The molecular weight excluding hydrogens is 192 g/mol. The molecular formula is C8H5ClN2O2. The number of hydrogen-bond donors (Lipinski definition) is 0. The molecule has 13 heavy (non-hydrogen) atoms. The number of pyridine rings is 1. The highest BCUT2D eigenvalue weighted by atomic mass is 35.5. The van der Waals surface area contributed by atoms with E-state index in [4.69, 9.17) is 21.6 Å². The van der Waals surface area contributed by atoms with Gasteiger partial charge >= 0.3 is 0 Å². The molecule has 0 aliphatic heterocycles. The summed E-state index contributed by atoms with van der Waals surface area (Å²) in [6.45, 7) is 0. The van der Waals surface area contributed by atoms with Crippen LogP contribution in [0.1, 0.15) is 16.1 Å². The number of ether oxygens (including phenoxy) is 1. The zero-order valence-corrected chi connectivity index (χ0v) is 7.50. The number of carbonyl (C=O) groups excluding carboxylic acids is 1. The number of nitriles is 1. The van der Waals surface area contributed by atoms with Crippen molar-refractivity contribution in [3.05, 3.63) is 23.5 Å². The minimum absolute atomic E-state index is 0.000741. The van der Waals surface area contributed by atoms with Gasteiger partial charge in [-0.05, 0) is 17.7 Å². The molecule has 0 bridgehead atoms. The molecule has 1 rings (SSSR count). The van der Waals surface area contributed by atoms with Crippen LogP contribution in [0.2, 0.25) is 0 Å². The van der Waals surface area contributed by atoms with Crippen LogP contribution in [-0.2, 0) is 0 Å². The summed E-state index contributed by atoms with van der Waals surface area (Å²) < 4.78 is 4.82. The number of methoxy groups -OCH3 is 1. The van der Waals surface area contributed by atoms with E-state index in [1.807, 2.05) is 0 Å². The molecule has 0 atom stereocenters. The van der Waals surface area contributed by atoms with Crippen molar-refractivity contribution in [2.24, 2.45) is 0 Å². The normalized spacial score (nSPS) is 9.00. The van der Waals surface area contributed by atoms with Crippen LogP contribution in [0.5, 0.6) is 5.75 Å². The first-order chi connectivity index (χ1) is 6.19. The van der Waals surface area contributed by atoms with Crippen LogP contribution in [-0.4, -0.2) is 17.3 Å². The van der Waals surface area contributed by atoms with Gasteiger partial charge in [0.15, 0.2) is 5.69 Å². The van der Waals surface area contributed by atoms with Crippen molar-refractivity contribution in [2.75, 3.05) is 7.11 Å². The molecule has 0 radical (unpaired) electrons. The van der Waals surface area contributed by atoms with Crippen LogP contribution in [0.4, 0.5) is 0 Å². The van der Waals surface area contributed by atoms with Gasteiger partial charge in [-0.2, -0.15) is 5.26 Å². The van der Waals surface area contributed by atoms with Crippen molar-refractivity contribution in [1.29, 1.82) is 5.26 Å². The van der Waals surface area contributed by atoms with Crippen LogP contribution in [0.15, 0.2) is 12.3 Å². The van der Waals surface area contributed by atoms with Crippen LogP contribution >= 0.6 is 11.6 Å². The lowest BCUT2D eigenvalue weighted by atomic mass is 10.2. The Morgan fingerprint density at radius 1 is 1.77 bits per heavy atom. The summed E-state index contributed by atoms with van der Waals surface area (Å²) in [5.41, 5.74) is 0.0596. The second-order valence-electron chi connectivity index (χ2n) is 2.16. The molecule has 1 aromatic rings. The number of hydrogen-bond acceptors (Lipinski definition) is 4. The molecule has 1 aromatic heterocycles. The fourth-order valence-electron chi connectivity index (χ4n) is 0.796. The van der Waals surface area contributed by atoms with E-state index in [0.29, 0.717) is 5.75 Å². The molecule has 0 fully saturated rings. The van der Waals surface area contributed by atoms with E-state index in [1.54, 1.807) is 6.07 Å². The SMILES string of the molecule is COc1cnc(C#N)c(C(=O)Cl)c1. The Balaban J connectivity index is 3.28. The van der Waals surface area contributed by atoms with Gasteiger partial charge in [-0.1, -0.05) is 0 Å². The summed E-state index contributed by atoms with van der Waals surface area (Å²) in [6, 6.07) is 3.13. The monoisotopic (exact) mass is 196 g/mol. The Kier molecular flexibility index (Phi) is 2.83. The minimum atomic E-state index is -0.719. The van der Waals surface area contributed by atoms with Gasteiger partial charge < -0.3 is 4.74 Å². The number of halogens is 1. The number of aromatic nitrogens is 1. The summed E-state index contributed by atoms with van der Waals surface area (Å²) in [6.07, 6.45) is 1.35. The third-order valence-electron chi connectivity index (χ3n) is 1.42. The molecule has 0 unspecified atom stereocenters. The van der Waals surface area contributed by atoms with Gasteiger partial charge in [-0.3, -0.25) is 4.79 Å². The van der Waals surface area contributed by atoms with E-state index >= 15 is 0 Å². The number of rotatable bonds is 2. The highest BCUT2D eigenvalue weighted by molar-refractivity contribution is 6.68. The zero-order chi connectivity index (χ0) is 9.84. The summed E-state index contributed by atoms with van der Waals surface area (Å²) in [7, 11) is 1.44. The van der Waals surface area contributed by atoms with E-state index in [9.17, 15) is 4.79 Å². The molecule has 66 valence electrons. The van der Waals surface area contributed by atoms with E-state index in [-0.39, 0.29) is 11.3 Å². The van der Waals surface area contributed by atoms with Gasteiger partial charge in [0.2, 0.25) is 0 Å². The first kappa shape index (κ1) is 9.49. The predicted molar refractivity (Wildman–Crippen MR) is 45.7 cm³/mol. The maximum absolute atomic E-state index is 10.8. The van der Waals surface area contributed by atoms with E-state index in [0.717, 1.165) is 0 Å². The molecule has 4 nitrogen and oxygen atoms in total. The first-order valence-electron chi connectivity index (χ1n) is 3.33. The Morgan fingerprint density at radius 3 is 2.92 bits per heavy atom. The highest BCUT2D eigenvalue weighted by Gasteiger charge is 2.11. The molecule has 0 aliphatic rings. The molecule has 0 aliphatic carbocycles. The Labute approximate surface area is 79.7 Å². The van der Waals surface area contributed by atoms with Crippen molar-refractivity contribution in [1.82, 2.24) is 4.98 Å². The van der Waals surface area contributed by atoms with Gasteiger partial charge in [0, 0.05) is 0 Å². The van der Waals surface area contributed by atoms with Gasteiger partial charge in [-0.25, -0.2) is 4.98 Å². The second-order valence-corrected chi connectivity index (χ2v) is 2.50. The first-order valence-corrected chi connectivity index (χ1v) is 3.70. The molecule has 0 amide bonds. The Morgan fingerprint density at radius 2 is 2.46 bits per heavy atom. The van der Waals surface area contributed by atoms with Gasteiger partial charge in [0.1, 0.15) is 11.8 Å². The van der Waals surface area contributed by atoms with Crippen LogP contribution in [0, 0.1) is 11.3 Å². The lowest BCUT2D eigenvalue weighted by molar-refractivity contribution is 0.108. The fourth-order valence-corrected chi connectivity index (χ4v) is 0.940. The van der Waals surface area contributed by atoms with Gasteiger partial charge in [-0.15, -0.1) is 0 Å². The Hall–Kier alpha value is -1.60. The topological polar surface area (TPSA) is 63.0 Å². The highest BCUT2D eigenvalue weighted by Crippen LogP contribution is 2.15. The predicted octanol–water partition coefficient (Wildman–Crippen LogP) is 1.34. The molecule has 5 heteroatoms. The quantitative estimate of drug-likeness (QED) is 0.670. The summed E-state index contributed by atoms with van der Waals surface area (Å²) in [5, 5.41) is 7.85. The third kappa shape index (κ3) is 1.95. The minimum Gasteiger partial charge on any atom is -0.495 e. The fraction of sp³-hybridized carbons (Fsp3) is 0.125. The van der Waals surface area contributed by atoms with Crippen molar-refractivity contribution in [3.8, 4) is 11.8 Å². The van der Waals surface area contributed by atoms with Crippen LogP contribution in [0.25, 0.3) is 0 Å². The molecule has 0 saturated heterocycles. The number of carbonyl (C=O) groups is 1. The van der Waals surface area contributed by atoms with E-state index in [2.05, 4.69) is 4.98 Å². The maximum Gasteiger partial charge on any atom is 0.255 e. The Bertz CT molecular complexity index is 384. The summed E-state index contributed by atoms with van der Waals surface area (Å²) in [4.78, 5) is 14.5. The maximum atomic E-state index is 10.8. The smallest absolute Gasteiger partial charge is 0.255 e. The standard InChI is InChI=1S/C8H5ClN2O2/c1-13-5-2-6(8(9)12)7(3-10)11-4-5/h2,4H,1H3. The van der Waals surface area contributed by atoms with Gasteiger partial charge in [0.25, 0.3) is 5.24 Å². The van der Waals surface area contributed by atoms with E-state index in [1.165, 1.54) is 19.4 Å². The lowest BCUT2D eigenvalue weighted by Gasteiger charge is -2.00. The average molecular weight is 197 g/mol. The molecule has 0 saturated carbocycles. The van der Waals surface area contributed by atoms with Crippen molar-refractivity contribution >= 4 is 16.8 Å². The molecule has 0 aromatic carbocycles. The van der Waals surface area contributed by atoms with Gasteiger partial charge in [0.05, 0.1) is 18.9 Å². The molecule has 0 N–H and O–H groups in total. The average Bonchev–Trinajstić information content (AvgIpc) is 2.16. The lowest BCUT2D eigenvalue weighted by Crippen LogP contribution is -1.98. The zero-order valence-electron chi connectivity index (χ0n) is 6.74. The number of nitrogens with zero attached hydrogens (tertiary/aromatic N) is 2. The van der Waals surface area contributed by atoms with Crippen molar-refractivity contribution < 1.29 is 9.53 Å². The van der Waals surface area contributed by atoms with E-state index < -0.39 is 5.24 Å².